The van der Waals surface area contributed by atoms with Gasteiger partial charge in [-0.25, -0.2) is 4.39 Å². The average Bonchev–Trinajstić information content (AvgIpc) is 3.22. The Balaban J connectivity index is 1.63. The molecule has 2 atom stereocenters. The molecular formula is C31H37FO5. The van der Waals surface area contributed by atoms with E-state index in [1.807, 2.05) is 25.1 Å². The Hall–Kier alpha value is -3.12. The molecule has 2 aromatic carbocycles. The number of hydrogen-bond acceptors (Lipinski definition) is 4. The third-order valence-electron chi connectivity index (χ3n) is 7.57. The maximum atomic E-state index is 15.2. The lowest BCUT2D eigenvalue weighted by Crippen LogP contribution is -2.17. The fourth-order valence-corrected chi connectivity index (χ4v) is 5.60. The summed E-state index contributed by atoms with van der Waals surface area (Å²) in [5.41, 5.74) is 4.29. The highest BCUT2D eigenvalue weighted by Gasteiger charge is 2.37. The van der Waals surface area contributed by atoms with Gasteiger partial charge in [0.25, 0.3) is 0 Å². The monoisotopic (exact) mass is 508 g/mol. The van der Waals surface area contributed by atoms with Gasteiger partial charge in [0.05, 0.1) is 24.9 Å². The first-order valence-electron chi connectivity index (χ1n) is 13.2. The molecule has 1 fully saturated rings. The molecule has 2 aromatic rings. The van der Waals surface area contributed by atoms with Gasteiger partial charge in [-0.2, -0.15) is 0 Å². The van der Waals surface area contributed by atoms with Crippen molar-refractivity contribution in [3.63, 3.8) is 0 Å². The van der Waals surface area contributed by atoms with E-state index in [0.29, 0.717) is 48.9 Å². The van der Waals surface area contributed by atoms with Gasteiger partial charge in [-0.15, -0.1) is 0 Å². The largest absolute Gasteiger partial charge is 0.498 e. The SMILES string of the molecule is CCOC1=CC(c2ccc(COc3cccc([C@H](O)CC(=O)O)c3)cc2[C@H]2CCCC2(C)C)=C(F)CC1. The molecule has 4 rings (SSSR count). The zero-order chi connectivity index (χ0) is 26.6. The van der Waals surface area contributed by atoms with Gasteiger partial charge in [0, 0.05) is 18.4 Å². The Labute approximate surface area is 218 Å². The molecule has 0 bridgehead atoms. The smallest absolute Gasteiger partial charge is 0.306 e. The fraction of sp³-hybridized carbons (Fsp3) is 0.452. The van der Waals surface area contributed by atoms with Crippen LogP contribution >= 0.6 is 0 Å². The number of rotatable bonds is 10. The van der Waals surface area contributed by atoms with Gasteiger partial charge >= 0.3 is 5.97 Å². The number of carboxylic acids is 1. The highest BCUT2D eigenvalue weighted by atomic mass is 19.1. The molecule has 0 radical (unpaired) electrons. The molecule has 0 aromatic heterocycles. The Morgan fingerprint density at radius 1 is 1.16 bits per heavy atom. The summed E-state index contributed by atoms with van der Waals surface area (Å²) >= 11 is 0. The second-order valence-electron chi connectivity index (χ2n) is 10.7. The summed E-state index contributed by atoms with van der Waals surface area (Å²) in [5, 5.41) is 19.1. The highest BCUT2D eigenvalue weighted by molar-refractivity contribution is 5.79. The number of carboxylic acid groups (broad SMARTS) is 1. The summed E-state index contributed by atoms with van der Waals surface area (Å²) < 4.78 is 26.9. The number of benzene rings is 2. The molecule has 6 heteroatoms. The molecule has 0 saturated heterocycles. The van der Waals surface area contributed by atoms with Crippen molar-refractivity contribution in [2.75, 3.05) is 6.61 Å². The first kappa shape index (κ1) is 26.9. The number of aliphatic hydroxyl groups is 1. The number of aliphatic carboxylic acids is 1. The Morgan fingerprint density at radius 3 is 2.68 bits per heavy atom. The Morgan fingerprint density at radius 2 is 1.97 bits per heavy atom. The molecule has 37 heavy (non-hydrogen) atoms. The number of hydrogen-bond donors (Lipinski definition) is 2. The maximum absolute atomic E-state index is 15.2. The minimum atomic E-state index is -1.09. The normalized spacial score (nSPS) is 19.9. The van der Waals surface area contributed by atoms with Crippen molar-refractivity contribution in [3.05, 3.63) is 82.4 Å². The van der Waals surface area contributed by atoms with Crippen LogP contribution in [0.4, 0.5) is 4.39 Å². The standard InChI is InChI=1S/C31H37FO5/c1-4-36-23-11-13-28(32)26(17-23)24-12-10-20(15-25(24)27-9-6-14-31(27,2)3)19-37-22-8-5-7-21(16-22)29(33)18-30(34)35/h5,7-8,10,12,15-17,27,29,33H,4,6,9,11,13-14,18-19H2,1-3H3,(H,34,35)/t27-,29-/m1/s1. The van der Waals surface area contributed by atoms with Gasteiger partial charge in [-0.3, -0.25) is 4.79 Å². The lowest BCUT2D eigenvalue weighted by Gasteiger charge is -2.30. The number of ether oxygens (including phenoxy) is 2. The van der Waals surface area contributed by atoms with Crippen LogP contribution in [0.25, 0.3) is 5.57 Å². The summed E-state index contributed by atoms with van der Waals surface area (Å²) in [6.45, 7) is 7.39. The molecule has 2 N–H and O–H groups in total. The van der Waals surface area contributed by atoms with E-state index < -0.39 is 12.1 Å². The van der Waals surface area contributed by atoms with Gasteiger partial charge in [0.2, 0.25) is 0 Å². The minimum absolute atomic E-state index is 0.0961. The van der Waals surface area contributed by atoms with E-state index in [4.69, 9.17) is 14.6 Å². The lowest BCUT2D eigenvalue weighted by atomic mass is 9.74. The van der Waals surface area contributed by atoms with E-state index >= 15 is 4.39 Å². The van der Waals surface area contributed by atoms with Crippen LogP contribution in [0.5, 0.6) is 5.75 Å². The van der Waals surface area contributed by atoms with Gasteiger partial charge in [0.15, 0.2) is 0 Å². The number of allylic oxidation sites excluding steroid dienone is 4. The molecule has 0 amide bonds. The number of aliphatic hydroxyl groups excluding tert-OH is 1. The van der Waals surface area contributed by atoms with Gasteiger partial charge < -0.3 is 19.7 Å². The second kappa shape index (κ2) is 11.5. The molecule has 0 aliphatic heterocycles. The quantitative estimate of drug-likeness (QED) is 0.348. The minimum Gasteiger partial charge on any atom is -0.498 e. The van der Waals surface area contributed by atoms with Crippen LogP contribution < -0.4 is 4.74 Å². The van der Waals surface area contributed by atoms with E-state index in [-0.39, 0.29) is 17.7 Å². The number of halogens is 1. The predicted molar refractivity (Wildman–Crippen MR) is 142 cm³/mol. The molecule has 0 unspecified atom stereocenters. The van der Waals surface area contributed by atoms with Crippen molar-refractivity contribution in [2.24, 2.45) is 5.41 Å². The van der Waals surface area contributed by atoms with E-state index in [2.05, 4.69) is 19.9 Å². The summed E-state index contributed by atoms with van der Waals surface area (Å²) in [6, 6.07) is 13.0. The summed E-state index contributed by atoms with van der Waals surface area (Å²) in [5.74, 6) is 0.533. The Kier molecular flexibility index (Phi) is 8.38. The topological polar surface area (TPSA) is 76.0 Å². The van der Waals surface area contributed by atoms with Crippen molar-refractivity contribution < 1.29 is 28.9 Å². The van der Waals surface area contributed by atoms with Crippen LogP contribution in [0.2, 0.25) is 0 Å². The maximum Gasteiger partial charge on any atom is 0.306 e. The van der Waals surface area contributed by atoms with Crippen molar-refractivity contribution >= 4 is 11.5 Å². The van der Waals surface area contributed by atoms with Crippen molar-refractivity contribution in [1.82, 2.24) is 0 Å². The molecule has 2 aliphatic rings. The lowest BCUT2D eigenvalue weighted by molar-refractivity contribution is -0.139. The average molecular weight is 509 g/mol. The zero-order valence-electron chi connectivity index (χ0n) is 21.9. The number of carbonyl (C=O) groups is 1. The molecule has 0 spiro atoms. The second-order valence-corrected chi connectivity index (χ2v) is 10.7. The summed E-state index contributed by atoms with van der Waals surface area (Å²) in [7, 11) is 0. The molecule has 5 nitrogen and oxygen atoms in total. The Bertz CT molecular complexity index is 1190. The van der Waals surface area contributed by atoms with Crippen LogP contribution in [0, 0.1) is 5.41 Å². The molecule has 2 aliphatic carbocycles. The van der Waals surface area contributed by atoms with E-state index in [1.165, 1.54) is 0 Å². The molecule has 1 saturated carbocycles. The molecular weight excluding hydrogens is 471 g/mol. The highest BCUT2D eigenvalue weighted by Crippen LogP contribution is 2.51. The summed E-state index contributed by atoms with van der Waals surface area (Å²) in [6.07, 6.45) is 4.68. The van der Waals surface area contributed by atoms with Gasteiger partial charge in [0.1, 0.15) is 18.2 Å². The van der Waals surface area contributed by atoms with Gasteiger partial charge in [-0.1, -0.05) is 50.6 Å². The van der Waals surface area contributed by atoms with Crippen LogP contribution in [-0.4, -0.2) is 22.8 Å². The van der Waals surface area contributed by atoms with Crippen LogP contribution in [-0.2, 0) is 16.1 Å². The third-order valence-corrected chi connectivity index (χ3v) is 7.57. The van der Waals surface area contributed by atoms with Crippen molar-refractivity contribution in [3.8, 4) is 5.75 Å². The van der Waals surface area contributed by atoms with Crippen LogP contribution in [0.3, 0.4) is 0 Å². The van der Waals surface area contributed by atoms with Gasteiger partial charge in [-0.05, 0) is 71.6 Å². The predicted octanol–water partition coefficient (Wildman–Crippen LogP) is 7.46. The first-order chi connectivity index (χ1) is 17.7. The summed E-state index contributed by atoms with van der Waals surface area (Å²) in [4.78, 5) is 10.9. The van der Waals surface area contributed by atoms with E-state index in [1.54, 1.807) is 24.3 Å². The fourth-order valence-electron chi connectivity index (χ4n) is 5.60. The first-order valence-corrected chi connectivity index (χ1v) is 13.2. The van der Waals surface area contributed by atoms with Crippen LogP contribution in [0.1, 0.15) is 93.6 Å². The van der Waals surface area contributed by atoms with Crippen molar-refractivity contribution in [1.29, 1.82) is 0 Å². The molecule has 198 valence electrons. The van der Waals surface area contributed by atoms with E-state index in [9.17, 15) is 9.90 Å². The van der Waals surface area contributed by atoms with E-state index in [0.717, 1.165) is 41.7 Å². The third kappa shape index (κ3) is 6.42. The molecule has 0 heterocycles. The van der Waals surface area contributed by atoms with Crippen LogP contribution in [0.15, 0.2) is 60.1 Å². The zero-order valence-corrected chi connectivity index (χ0v) is 21.9. The van der Waals surface area contributed by atoms with Crippen molar-refractivity contribution in [2.45, 2.75) is 77.9 Å².